The zero-order valence-electron chi connectivity index (χ0n) is 10.3. The van der Waals surface area contributed by atoms with Crippen molar-refractivity contribution in [2.24, 2.45) is 0 Å². The van der Waals surface area contributed by atoms with Gasteiger partial charge in [-0.1, -0.05) is 15.9 Å². The number of carbonyl (C=O) groups excluding carboxylic acids is 1. The molecule has 1 unspecified atom stereocenters. The van der Waals surface area contributed by atoms with E-state index in [9.17, 15) is 9.18 Å². The molecular weight excluding hydrogens is 393 g/mol. The number of benzene rings is 1. The summed E-state index contributed by atoms with van der Waals surface area (Å²) in [5.41, 5.74) is 2.00. The van der Waals surface area contributed by atoms with Crippen molar-refractivity contribution in [1.29, 1.82) is 0 Å². The lowest BCUT2D eigenvalue weighted by molar-refractivity contribution is -0.116. The molecule has 0 aliphatic carbocycles. The molecule has 2 aromatic rings. The minimum absolute atomic E-state index is 0.0741. The molecular formula is C14H10Br2FNO2. The fourth-order valence-electron chi connectivity index (χ4n) is 2.23. The molecule has 1 amide bonds. The lowest BCUT2D eigenvalue weighted by Crippen LogP contribution is -2.19. The van der Waals surface area contributed by atoms with Gasteiger partial charge in [0, 0.05) is 17.7 Å². The molecule has 1 N–H and O–H groups in total. The van der Waals surface area contributed by atoms with Crippen LogP contribution in [0, 0.1) is 5.82 Å². The molecule has 1 atom stereocenters. The minimum atomic E-state index is -0.375. The first-order valence-electron chi connectivity index (χ1n) is 6.06. The molecule has 0 saturated carbocycles. The number of hydrogen-bond donors (Lipinski definition) is 1. The van der Waals surface area contributed by atoms with Crippen LogP contribution in [0.2, 0.25) is 0 Å². The highest BCUT2D eigenvalue weighted by Gasteiger charge is 2.23. The molecule has 1 aliphatic heterocycles. The Bertz CT molecular complexity index is 684. The summed E-state index contributed by atoms with van der Waals surface area (Å²) in [6, 6.07) is 6.69. The summed E-state index contributed by atoms with van der Waals surface area (Å²) in [6.45, 7) is 0. The maximum Gasteiger partial charge on any atom is 0.224 e. The topological polar surface area (TPSA) is 42.2 Å². The highest BCUT2D eigenvalue weighted by Crippen LogP contribution is 2.37. The summed E-state index contributed by atoms with van der Waals surface area (Å²) >= 11 is 6.69. The first-order chi connectivity index (χ1) is 9.54. The number of furan rings is 1. The van der Waals surface area contributed by atoms with E-state index in [2.05, 4.69) is 37.2 Å². The summed E-state index contributed by atoms with van der Waals surface area (Å²) in [4.78, 5) is 11.0. The molecule has 20 heavy (non-hydrogen) atoms. The number of carbonyl (C=O) groups is 1. The molecule has 1 aromatic heterocycles. The van der Waals surface area contributed by atoms with Gasteiger partial charge in [0.25, 0.3) is 0 Å². The zero-order valence-corrected chi connectivity index (χ0v) is 13.4. The predicted octanol–water partition coefficient (Wildman–Crippen LogP) is 4.55. The highest BCUT2D eigenvalue weighted by atomic mass is 79.9. The van der Waals surface area contributed by atoms with Crippen molar-refractivity contribution in [3.8, 4) is 0 Å². The number of hydrogen-bond acceptors (Lipinski definition) is 2. The van der Waals surface area contributed by atoms with Crippen LogP contribution in [0.25, 0.3) is 0 Å². The van der Waals surface area contributed by atoms with Gasteiger partial charge in [-0.15, -0.1) is 0 Å². The molecule has 104 valence electrons. The maximum absolute atomic E-state index is 14.2. The molecule has 3 nitrogen and oxygen atoms in total. The Morgan fingerprint density at radius 3 is 2.80 bits per heavy atom. The molecule has 1 aliphatic rings. The van der Waals surface area contributed by atoms with Crippen LogP contribution in [0.5, 0.6) is 0 Å². The molecule has 1 aromatic carbocycles. The molecule has 6 heteroatoms. The second-order valence-corrected chi connectivity index (χ2v) is 6.28. The van der Waals surface area contributed by atoms with Gasteiger partial charge in [-0.2, -0.15) is 0 Å². The number of fused-ring (bicyclic) bond motifs is 1. The zero-order chi connectivity index (χ0) is 14.3. The van der Waals surface area contributed by atoms with Crippen LogP contribution in [0.1, 0.15) is 28.1 Å². The lowest BCUT2D eigenvalue weighted by Gasteiger charge is -2.19. The predicted molar refractivity (Wildman–Crippen MR) is 80.5 cm³/mol. The molecule has 3 rings (SSSR count). The highest BCUT2D eigenvalue weighted by molar-refractivity contribution is 9.10. The van der Waals surface area contributed by atoms with Gasteiger partial charge in [-0.05, 0) is 52.2 Å². The molecule has 2 heterocycles. The van der Waals surface area contributed by atoms with E-state index < -0.39 is 0 Å². The van der Waals surface area contributed by atoms with Crippen LogP contribution < -0.4 is 5.32 Å². The quantitative estimate of drug-likeness (QED) is 0.748. The SMILES string of the molecule is O=C1CCc2cc(C(Br)c3ccc(Br)o3)c(F)cc2N1. The van der Waals surface area contributed by atoms with Crippen molar-refractivity contribution in [2.45, 2.75) is 17.7 Å². The summed E-state index contributed by atoms with van der Waals surface area (Å²) in [5.74, 6) is 0.172. The summed E-state index contributed by atoms with van der Waals surface area (Å²) in [6.07, 6.45) is 1.05. The van der Waals surface area contributed by atoms with Crippen LogP contribution in [0.4, 0.5) is 10.1 Å². The fraction of sp³-hybridized carbons (Fsp3) is 0.214. The van der Waals surface area contributed by atoms with E-state index in [4.69, 9.17) is 4.42 Å². The third-order valence-electron chi connectivity index (χ3n) is 3.23. The third-order valence-corrected chi connectivity index (χ3v) is 4.61. The Kier molecular flexibility index (Phi) is 3.69. The number of halogens is 3. The Labute approximate surface area is 131 Å². The fourth-order valence-corrected chi connectivity index (χ4v) is 3.15. The molecule has 0 radical (unpaired) electrons. The normalized spacial score (nSPS) is 15.7. The van der Waals surface area contributed by atoms with Gasteiger partial charge in [0.05, 0.1) is 0 Å². The van der Waals surface area contributed by atoms with Crippen LogP contribution in [-0.2, 0) is 11.2 Å². The van der Waals surface area contributed by atoms with Crippen LogP contribution in [0.15, 0.2) is 33.4 Å². The number of anilines is 1. The van der Waals surface area contributed by atoms with E-state index in [1.807, 2.05) is 0 Å². The van der Waals surface area contributed by atoms with Crippen molar-refractivity contribution in [2.75, 3.05) is 5.32 Å². The van der Waals surface area contributed by atoms with E-state index in [1.165, 1.54) is 6.07 Å². The van der Waals surface area contributed by atoms with Gasteiger partial charge < -0.3 is 9.73 Å². The van der Waals surface area contributed by atoms with Gasteiger partial charge in [-0.25, -0.2) is 4.39 Å². The van der Waals surface area contributed by atoms with Crippen molar-refractivity contribution < 1.29 is 13.6 Å². The maximum atomic E-state index is 14.2. The van der Waals surface area contributed by atoms with E-state index in [1.54, 1.807) is 18.2 Å². The molecule has 0 spiro atoms. The van der Waals surface area contributed by atoms with Crippen LogP contribution >= 0.6 is 31.9 Å². The first kappa shape index (κ1) is 13.8. The summed E-state index contributed by atoms with van der Waals surface area (Å²) < 4.78 is 20.3. The average Bonchev–Trinajstić information content (AvgIpc) is 2.84. The Morgan fingerprint density at radius 1 is 1.30 bits per heavy atom. The van der Waals surface area contributed by atoms with Crippen molar-refractivity contribution in [1.82, 2.24) is 0 Å². The summed E-state index contributed by atoms with van der Waals surface area (Å²) in [7, 11) is 0. The molecule has 0 saturated heterocycles. The number of rotatable bonds is 2. The number of alkyl halides is 1. The molecule has 0 bridgehead atoms. The standard InChI is InChI=1S/C14H10Br2FNO2/c15-12-3-2-11(20-12)14(16)8-5-7-1-4-13(19)18-10(7)6-9(8)17/h2-3,5-6,14H,1,4H2,(H,18,19). The monoisotopic (exact) mass is 401 g/mol. The van der Waals surface area contributed by atoms with E-state index in [0.717, 1.165) is 5.56 Å². The second kappa shape index (κ2) is 5.33. The van der Waals surface area contributed by atoms with Gasteiger partial charge >= 0.3 is 0 Å². The van der Waals surface area contributed by atoms with E-state index >= 15 is 0 Å². The smallest absolute Gasteiger partial charge is 0.224 e. The van der Waals surface area contributed by atoms with Gasteiger partial charge in [0.15, 0.2) is 4.67 Å². The Morgan fingerprint density at radius 2 is 2.10 bits per heavy atom. The number of nitrogens with one attached hydrogen (secondary N) is 1. The van der Waals surface area contributed by atoms with E-state index in [-0.39, 0.29) is 16.6 Å². The minimum Gasteiger partial charge on any atom is -0.453 e. The van der Waals surface area contributed by atoms with Crippen LogP contribution in [0.3, 0.4) is 0 Å². The number of aryl methyl sites for hydroxylation is 1. The first-order valence-corrected chi connectivity index (χ1v) is 7.77. The lowest BCUT2D eigenvalue weighted by atomic mass is 9.98. The number of amides is 1. The average molecular weight is 403 g/mol. The van der Waals surface area contributed by atoms with E-state index in [0.29, 0.717) is 34.5 Å². The van der Waals surface area contributed by atoms with Crippen molar-refractivity contribution in [3.05, 3.63) is 51.6 Å². The second-order valence-electron chi connectivity index (χ2n) is 4.58. The largest absolute Gasteiger partial charge is 0.453 e. The van der Waals surface area contributed by atoms with Gasteiger partial charge in [0.2, 0.25) is 5.91 Å². The van der Waals surface area contributed by atoms with Gasteiger partial charge in [0.1, 0.15) is 16.4 Å². The van der Waals surface area contributed by atoms with Crippen molar-refractivity contribution >= 4 is 43.5 Å². The Hall–Kier alpha value is -1.14. The van der Waals surface area contributed by atoms with Gasteiger partial charge in [-0.3, -0.25) is 4.79 Å². The Balaban J connectivity index is 2.00. The van der Waals surface area contributed by atoms with Crippen molar-refractivity contribution in [3.63, 3.8) is 0 Å². The molecule has 0 fully saturated rings. The third kappa shape index (κ3) is 2.54. The summed E-state index contributed by atoms with van der Waals surface area (Å²) in [5, 5.41) is 2.69. The van der Waals surface area contributed by atoms with Crippen LogP contribution in [-0.4, -0.2) is 5.91 Å².